The van der Waals surface area contributed by atoms with Crippen LogP contribution in [0.15, 0.2) is 65.8 Å². The lowest BCUT2D eigenvalue weighted by atomic mass is 9.89. The number of nitrogens with zero attached hydrogens (tertiary/aromatic N) is 3. The number of anilines is 2. The highest BCUT2D eigenvalue weighted by Crippen LogP contribution is 2.41. The number of rotatable bonds is 12. The van der Waals surface area contributed by atoms with Crippen molar-refractivity contribution in [2.24, 2.45) is 10.7 Å². The molecule has 0 saturated heterocycles. The zero-order valence-electron chi connectivity index (χ0n) is 23.0. The van der Waals surface area contributed by atoms with Crippen LogP contribution in [-0.4, -0.2) is 63.3 Å². The number of ether oxygens (including phenoxy) is 1. The molecule has 3 aromatic carbocycles. The van der Waals surface area contributed by atoms with Gasteiger partial charge in [0, 0.05) is 36.4 Å². The average Bonchev–Trinajstić information content (AvgIpc) is 3.33. The highest BCUT2D eigenvalue weighted by molar-refractivity contribution is 7.90. The highest BCUT2D eigenvalue weighted by Gasteiger charge is 2.35. The Morgan fingerprint density at radius 3 is 2.76 bits per heavy atom. The van der Waals surface area contributed by atoms with Crippen LogP contribution >= 0.6 is 0 Å². The number of hydrogen-bond acceptors (Lipinski definition) is 9. The summed E-state index contributed by atoms with van der Waals surface area (Å²) in [5.74, 6) is 0.499. The Labute approximate surface area is 238 Å². The molecule has 5 N–H and O–H groups in total. The minimum atomic E-state index is -2.98. The first-order valence-electron chi connectivity index (χ1n) is 13.3. The van der Waals surface area contributed by atoms with Crippen molar-refractivity contribution in [3.63, 3.8) is 0 Å². The lowest BCUT2D eigenvalue weighted by Gasteiger charge is -2.32. The number of hydrogen-bond donors (Lipinski definition) is 4. The first kappa shape index (κ1) is 28.5. The molecular weight excluding hydrogens is 545 g/mol. The predicted molar refractivity (Wildman–Crippen MR) is 161 cm³/mol. The smallest absolute Gasteiger partial charge is 0.163 e. The second kappa shape index (κ2) is 11.9. The zero-order chi connectivity index (χ0) is 29.0. The van der Waals surface area contributed by atoms with Gasteiger partial charge in [0.1, 0.15) is 21.4 Å². The standard InChI is InChI=1S/C29H34FN7O3S/c1-40-28-16-25-24(15-26(28)33-10-4-9-32-11-12-41(2,38)39)29(31,35-19-34-25)22-7-8-27-21(14-22)17-36-37(27)18-20-5-3-6-23(30)13-20/h3,5-8,13-17,19,32-33H,4,9-12,18,31H2,1-2H3,(H,34,35). The van der Waals surface area contributed by atoms with Gasteiger partial charge in [0.05, 0.1) is 48.8 Å². The van der Waals surface area contributed by atoms with Gasteiger partial charge in [-0.15, -0.1) is 0 Å². The topological polar surface area (TPSA) is 136 Å². The molecule has 1 aliphatic heterocycles. The van der Waals surface area contributed by atoms with Crippen molar-refractivity contribution in [3.05, 3.63) is 83.3 Å². The minimum absolute atomic E-state index is 0.116. The van der Waals surface area contributed by atoms with Gasteiger partial charge in [-0.3, -0.25) is 10.4 Å². The number of fused-ring (bicyclic) bond motifs is 2. The number of nitrogens with one attached hydrogen (secondary N) is 3. The summed E-state index contributed by atoms with van der Waals surface area (Å²) in [7, 11) is -1.37. The van der Waals surface area contributed by atoms with Gasteiger partial charge in [-0.05, 0) is 54.4 Å². The Hall–Kier alpha value is -4.00. The van der Waals surface area contributed by atoms with Gasteiger partial charge in [-0.1, -0.05) is 18.2 Å². The van der Waals surface area contributed by atoms with Crippen LogP contribution in [0.5, 0.6) is 5.75 Å². The van der Waals surface area contributed by atoms with Crippen LogP contribution < -0.4 is 26.4 Å². The summed E-state index contributed by atoms with van der Waals surface area (Å²) in [4.78, 5) is 4.66. The van der Waals surface area contributed by atoms with Crippen molar-refractivity contribution >= 4 is 38.5 Å². The van der Waals surface area contributed by atoms with Crippen molar-refractivity contribution in [1.82, 2.24) is 15.1 Å². The summed E-state index contributed by atoms with van der Waals surface area (Å²) >= 11 is 0. The Morgan fingerprint density at radius 2 is 1.98 bits per heavy atom. The molecule has 1 unspecified atom stereocenters. The van der Waals surface area contributed by atoms with E-state index in [1.54, 1.807) is 25.7 Å². The SMILES string of the molecule is COc1cc2c(cc1NCCCNCCS(C)(=O)=O)C(N)(c1ccc3c(cnn3Cc3cccc(F)c3)c1)N=CN2. The molecule has 41 heavy (non-hydrogen) atoms. The lowest BCUT2D eigenvalue weighted by molar-refractivity contribution is 0.416. The zero-order valence-corrected chi connectivity index (χ0v) is 23.8. The first-order chi connectivity index (χ1) is 19.7. The molecule has 12 heteroatoms. The van der Waals surface area contributed by atoms with E-state index in [9.17, 15) is 12.8 Å². The fourth-order valence-corrected chi connectivity index (χ4v) is 5.42. The fraction of sp³-hybridized carbons (Fsp3) is 0.310. The lowest BCUT2D eigenvalue weighted by Crippen LogP contribution is -2.39. The predicted octanol–water partition coefficient (Wildman–Crippen LogP) is 3.28. The Bertz CT molecular complexity index is 1690. The second-order valence-electron chi connectivity index (χ2n) is 10.1. The molecule has 0 radical (unpaired) electrons. The van der Waals surface area contributed by atoms with Gasteiger partial charge < -0.3 is 20.7 Å². The van der Waals surface area contributed by atoms with E-state index in [-0.39, 0.29) is 11.6 Å². The molecule has 0 aliphatic carbocycles. The Morgan fingerprint density at radius 1 is 1.12 bits per heavy atom. The number of nitrogens with two attached hydrogens (primary N) is 1. The van der Waals surface area contributed by atoms with E-state index in [1.807, 2.05) is 41.1 Å². The van der Waals surface area contributed by atoms with E-state index in [4.69, 9.17) is 10.5 Å². The highest BCUT2D eigenvalue weighted by atomic mass is 32.2. The van der Waals surface area contributed by atoms with Crippen molar-refractivity contribution < 1.29 is 17.5 Å². The maximum atomic E-state index is 13.7. The monoisotopic (exact) mass is 579 g/mol. The third-order valence-electron chi connectivity index (χ3n) is 7.04. The van der Waals surface area contributed by atoms with Gasteiger partial charge in [0.15, 0.2) is 5.66 Å². The summed E-state index contributed by atoms with van der Waals surface area (Å²) in [6, 6.07) is 16.2. The number of benzene rings is 3. The van der Waals surface area contributed by atoms with Gasteiger partial charge in [-0.2, -0.15) is 5.10 Å². The van der Waals surface area contributed by atoms with Crippen LogP contribution in [0, 0.1) is 5.82 Å². The second-order valence-corrected chi connectivity index (χ2v) is 12.4. The molecular formula is C29H34FN7O3S. The van der Waals surface area contributed by atoms with E-state index in [1.165, 1.54) is 18.4 Å². The number of aliphatic imine (C=N–C) groups is 1. The summed E-state index contributed by atoms with van der Waals surface area (Å²) < 4.78 is 43.7. The Kier molecular flexibility index (Phi) is 8.25. The molecule has 4 aromatic rings. The summed E-state index contributed by atoms with van der Waals surface area (Å²) in [6.07, 6.45) is 5.38. The molecule has 5 rings (SSSR count). The third-order valence-corrected chi connectivity index (χ3v) is 7.98. The quantitative estimate of drug-likeness (QED) is 0.188. The van der Waals surface area contributed by atoms with E-state index in [2.05, 4.69) is 26.0 Å². The van der Waals surface area contributed by atoms with Crippen LogP contribution in [0.1, 0.15) is 23.1 Å². The van der Waals surface area contributed by atoms with Crippen molar-refractivity contribution in [3.8, 4) is 5.75 Å². The molecule has 10 nitrogen and oxygen atoms in total. The molecule has 0 fully saturated rings. The van der Waals surface area contributed by atoms with E-state index in [0.717, 1.165) is 45.4 Å². The average molecular weight is 580 g/mol. The number of sulfone groups is 1. The van der Waals surface area contributed by atoms with E-state index in [0.29, 0.717) is 31.9 Å². The largest absolute Gasteiger partial charge is 0.495 e. The summed E-state index contributed by atoms with van der Waals surface area (Å²) in [5.41, 5.74) is 10.7. The molecule has 0 spiro atoms. The van der Waals surface area contributed by atoms with E-state index >= 15 is 0 Å². The maximum Gasteiger partial charge on any atom is 0.163 e. The Balaban J connectivity index is 1.35. The fourth-order valence-electron chi connectivity index (χ4n) is 4.90. The van der Waals surface area contributed by atoms with Crippen LogP contribution in [0.4, 0.5) is 15.8 Å². The molecule has 0 saturated carbocycles. The van der Waals surface area contributed by atoms with Gasteiger partial charge >= 0.3 is 0 Å². The summed E-state index contributed by atoms with van der Waals surface area (Å²) in [6.45, 7) is 2.19. The van der Waals surface area contributed by atoms with Gasteiger partial charge in [0.25, 0.3) is 0 Å². The van der Waals surface area contributed by atoms with Crippen LogP contribution in [0.2, 0.25) is 0 Å². The van der Waals surface area contributed by atoms with E-state index < -0.39 is 15.5 Å². The molecule has 0 bridgehead atoms. The molecule has 0 amide bonds. The maximum absolute atomic E-state index is 13.7. The van der Waals surface area contributed by atoms with Crippen LogP contribution in [0.3, 0.4) is 0 Å². The molecule has 2 heterocycles. The van der Waals surface area contributed by atoms with Crippen molar-refractivity contribution in [1.29, 1.82) is 0 Å². The van der Waals surface area contributed by atoms with Gasteiger partial charge in [0.2, 0.25) is 0 Å². The number of methoxy groups -OCH3 is 1. The van der Waals surface area contributed by atoms with Gasteiger partial charge in [-0.25, -0.2) is 17.8 Å². The number of aromatic nitrogens is 2. The molecule has 1 aliphatic rings. The van der Waals surface area contributed by atoms with Crippen LogP contribution in [-0.2, 0) is 22.0 Å². The first-order valence-corrected chi connectivity index (χ1v) is 15.4. The summed E-state index contributed by atoms with van der Waals surface area (Å²) in [5, 5.41) is 15.2. The molecule has 1 aromatic heterocycles. The van der Waals surface area contributed by atoms with Crippen LogP contribution in [0.25, 0.3) is 10.9 Å². The molecule has 1 atom stereocenters. The minimum Gasteiger partial charge on any atom is -0.495 e. The van der Waals surface area contributed by atoms with Crippen molar-refractivity contribution in [2.75, 3.05) is 49.4 Å². The normalized spacial score (nSPS) is 16.4. The molecule has 216 valence electrons. The number of halogens is 1. The third kappa shape index (κ3) is 6.50. The van der Waals surface area contributed by atoms with Crippen molar-refractivity contribution in [2.45, 2.75) is 18.6 Å².